The Labute approximate surface area is 347 Å². The normalized spacial score (nSPS) is 11.3. The number of para-hydroxylation sites is 1. The molecule has 5 heterocycles. The van der Waals surface area contributed by atoms with E-state index in [-0.39, 0.29) is 0 Å². The molecule has 280 valence electrons. The van der Waals surface area contributed by atoms with Crippen molar-refractivity contribution in [3.05, 3.63) is 213 Å². The first-order chi connectivity index (χ1) is 29.7. The van der Waals surface area contributed by atoms with Crippen molar-refractivity contribution < 1.29 is 0 Å². The number of benzene rings is 6. The fourth-order valence-corrected chi connectivity index (χ4v) is 8.14. The lowest BCUT2D eigenvalue weighted by Gasteiger charge is -2.14. The van der Waals surface area contributed by atoms with Crippen LogP contribution >= 0.6 is 0 Å². The molecule has 0 N–H and O–H groups in total. The van der Waals surface area contributed by atoms with Gasteiger partial charge in [-0.2, -0.15) is 0 Å². The standard InChI is InChI=1S/C55H35N5/c1-3-12-36(13-4-1)43-27-30-50(57-35-43)52-34-44(33-51(58-52)38-23-21-37(22-24-38)47-19-9-10-31-56-47)41-16-11-17-42(32-41)48-29-26-40-25-28-46-53(39-14-5-2-6-15-39)45-18-7-8-20-49(45)60-55(46)54(40)59-48/h1-35H. The largest absolute Gasteiger partial charge is 0.256 e. The van der Waals surface area contributed by atoms with Gasteiger partial charge in [-0.3, -0.25) is 9.97 Å². The van der Waals surface area contributed by atoms with Gasteiger partial charge in [-0.25, -0.2) is 15.0 Å². The molecule has 0 atom stereocenters. The third-order valence-electron chi connectivity index (χ3n) is 11.2. The molecule has 0 aliphatic carbocycles. The van der Waals surface area contributed by atoms with E-state index in [1.165, 1.54) is 5.56 Å². The summed E-state index contributed by atoms with van der Waals surface area (Å²) in [6, 6.07) is 69.4. The summed E-state index contributed by atoms with van der Waals surface area (Å²) in [4.78, 5) is 25.3. The van der Waals surface area contributed by atoms with Gasteiger partial charge in [-0.15, -0.1) is 0 Å². The maximum Gasteiger partial charge on any atom is 0.0978 e. The summed E-state index contributed by atoms with van der Waals surface area (Å²) in [5.41, 5.74) is 16.7. The highest BCUT2D eigenvalue weighted by atomic mass is 14.8. The topological polar surface area (TPSA) is 64.5 Å². The van der Waals surface area contributed by atoms with Gasteiger partial charge < -0.3 is 0 Å². The van der Waals surface area contributed by atoms with Crippen molar-refractivity contribution >= 4 is 32.7 Å². The molecule has 11 aromatic rings. The van der Waals surface area contributed by atoms with Crippen LogP contribution in [0.5, 0.6) is 0 Å². The van der Waals surface area contributed by atoms with Crippen LogP contribution in [0.25, 0.3) is 111 Å². The van der Waals surface area contributed by atoms with Gasteiger partial charge in [0.2, 0.25) is 0 Å². The van der Waals surface area contributed by atoms with Gasteiger partial charge in [0, 0.05) is 56.4 Å². The molecular formula is C55H35N5. The molecule has 5 nitrogen and oxygen atoms in total. The first kappa shape index (κ1) is 35.0. The van der Waals surface area contributed by atoms with E-state index < -0.39 is 0 Å². The second-order valence-electron chi connectivity index (χ2n) is 14.9. The van der Waals surface area contributed by atoms with Gasteiger partial charge >= 0.3 is 0 Å². The third-order valence-corrected chi connectivity index (χ3v) is 11.2. The predicted molar refractivity (Wildman–Crippen MR) is 246 cm³/mol. The van der Waals surface area contributed by atoms with Crippen LogP contribution in [0.1, 0.15) is 0 Å². The molecule has 0 amide bonds. The minimum Gasteiger partial charge on any atom is -0.256 e. The molecule has 0 radical (unpaired) electrons. The second kappa shape index (κ2) is 15.0. The van der Waals surface area contributed by atoms with Crippen LogP contribution in [0.15, 0.2) is 213 Å². The van der Waals surface area contributed by atoms with Gasteiger partial charge in [0.1, 0.15) is 0 Å². The molecule has 5 heteroatoms. The number of nitrogens with zero attached hydrogens (tertiary/aromatic N) is 5. The minimum absolute atomic E-state index is 0.795. The highest BCUT2D eigenvalue weighted by Gasteiger charge is 2.16. The lowest BCUT2D eigenvalue weighted by molar-refractivity contribution is 1.25. The molecular weight excluding hydrogens is 731 g/mol. The van der Waals surface area contributed by atoms with Crippen LogP contribution < -0.4 is 0 Å². The Morgan fingerprint density at radius 1 is 0.283 bits per heavy atom. The summed E-state index contributed by atoms with van der Waals surface area (Å²) >= 11 is 0. The zero-order valence-electron chi connectivity index (χ0n) is 32.4. The number of aromatic nitrogens is 5. The molecule has 60 heavy (non-hydrogen) atoms. The van der Waals surface area contributed by atoms with E-state index >= 15 is 0 Å². The summed E-state index contributed by atoms with van der Waals surface area (Å²) < 4.78 is 0. The van der Waals surface area contributed by atoms with Crippen molar-refractivity contribution in [3.8, 4) is 78.5 Å². The van der Waals surface area contributed by atoms with E-state index in [4.69, 9.17) is 19.9 Å². The lowest BCUT2D eigenvalue weighted by atomic mass is 9.95. The van der Waals surface area contributed by atoms with E-state index in [1.54, 1.807) is 0 Å². The molecule has 0 bridgehead atoms. The fourth-order valence-electron chi connectivity index (χ4n) is 8.14. The SMILES string of the molecule is c1ccc(-c2ccc(-c3cc(-c4cccc(-c5ccc6ccc7c(-c8ccccc8)c8ccccc8nc7c6n5)c4)cc(-c4ccc(-c5ccccn5)cc4)n3)nc2)cc1. The van der Waals surface area contributed by atoms with E-state index in [2.05, 4.69) is 169 Å². The summed E-state index contributed by atoms with van der Waals surface area (Å²) in [5, 5.41) is 3.26. The Kier molecular flexibility index (Phi) is 8.75. The summed E-state index contributed by atoms with van der Waals surface area (Å²) in [6.45, 7) is 0. The summed E-state index contributed by atoms with van der Waals surface area (Å²) in [6.07, 6.45) is 3.75. The molecule has 5 aromatic heterocycles. The van der Waals surface area contributed by atoms with Crippen LogP contribution in [0.3, 0.4) is 0 Å². The Hall–Kier alpha value is -8.15. The number of hydrogen-bond acceptors (Lipinski definition) is 5. The van der Waals surface area contributed by atoms with Gasteiger partial charge in [-0.1, -0.05) is 152 Å². The molecule has 0 fully saturated rings. The lowest BCUT2D eigenvalue weighted by Crippen LogP contribution is -1.94. The zero-order chi connectivity index (χ0) is 39.8. The van der Waals surface area contributed by atoms with E-state index in [0.29, 0.717) is 0 Å². The first-order valence-electron chi connectivity index (χ1n) is 20.1. The number of rotatable bonds is 7. The maximum absolute atomic E-state index is 5.36. The zero-order valence-corrected chi connectivity index (χ0v) is 32.4. The Morgan fingerprint density at radius 2 is 0.950 bits per heavy atom. The van der Waals surface area contributed by atoms with E-state index in [1.807, 2.05) is 48.8 Å². The number of pyridine rings is 5. The Balaban J connectivity index is 1.03. The Morgan fingerprint density at radius 3 is 1.73 bits per heavy atom. The molecule has 0 aliphatic rings. The van der Waals surface area contributed by atoms with Crippen molar-refractivity contribution in [3.63, 3.8) is 0 Å². The van der Waals surface area contributed by atoms with Crippen LogP contribution in [-0.4, -0.2) is 24.9 Å². The maximum atomic E-state index is 5.36. The summed E-state index contributed by atoms with van der Waals surface area (Å²) in [5.74, 6) is 0. The molecule has 0 saturated heterocycles. The smallest absolute Gasteiger partial charge is 0.0978 e. The highest BCUT2D eigenvalue weighted by molar-refractivity contribution is 6.16. The van der Waals surface area contributed by atoms with E-state index in [9.17, 15) is 0 Å². The van der Waals surface area contributed by atoms with Crippen molar-refractivity contribution in [2.75, 3.05) is 0 Å². The average molecular weight is 766 g/mol. The van der Waals surface area contributed by atoms with Gasteiger partial charge in [0.15, 0.2) is 0 Å². The molecule has 11 rings (SSSR count). The molecule has 6 aromatic carbocycles. The van der Waals surface area contributed by atoms with Crippen LogP contribution in [0.4, 0.5) is 0 Å². The predicted octanol–water partition coefficient (Wildman–Crippen LogP) is 13.8. The van der Waals surface area contributed by atoms with Gasteiger partial charge in [0.05, 0.1) is 45.0 Å². The fraction of sp³-hybridized carbons (Fsp3) is 0. The van der Waals surface area contributed by atoms with Crippen molar-refractivity contribution in [2.45, 2.75) is 0 Å². The molecule has 0 unspecified atom stereocenters. The van der Waals surface area contributed by atoms with Gasteiger partial charge in [0.25, 0.3) is 0 Å². The molecule has 0 spiro atoms. The van der Waals surface area contributed by atoms with E-state index in [0.717, 1.165) is 106 Å². The van der Waals surface area contributed by atoms with Crippen molar-refractivity contribution in [1.82, 2.24) is 24.9 Å². The third kappa shape index (κ3) is 6.54. The number of fused-ring (bicyclic) bond motifs is 4. The summed E-state index contributed by atoms with van der Waals surface area (Å²) in [7, 11) is 0. The van der Waals surface area contributed by atoms with Crippen molar-refractivity contribution in [2.24, 2.45) is 0 Å². The van der Waals surface area contributed by atoms with Crippen LogP contribution in [-0.2, 0) is 0 Å². The first-order valence-corrected chi connectivity index (χ1v) is 20.1. The quantitative estimate of drug-likeness (QED) is 0.119. The molecule has 0 saturated carbocycles. The second-order valence-corrected chi connectivity index (χ2v) is 14.9. The van der Waals surface area contributed by atoms with Crippen LogP contribution in [0, 0.1) is 0 Å². The average Bonchev–Trinajstić information content (AvgIpc) is 3.34. The van der Waals surface area contributed by atoms with Crippen molar-refractivity contribution in [1.29, 1.82) is 0 Å². The molecule has 0 aliphatic heterocycles. The number of hydrogen-bond donors (Lipinski definition) is 0. The van der Waals surface area contributed by atoms with Gasteiger partial charge in [-0.05, 0) is 70.8 Å². The highest BCUT2D eigenvalue weighted by Crippen LogP contribution is 2.38. The monoisotopic (exact) mass is 765 g/mol. The minimum atomic E-state index is 0.795. The van der Waals surface area contributed by atoms with Crippen LogP contribution in [0.2, 0.25) is 0 Å². The Bertz CT molecular complexity index is 3230.